The van der Waals surface area contributed by atoms with E-state index in [-0.39, 0.29) is 5.78 Å². The summed E-state index contributed by atoms with van der Waals surface area (Å²) in [5.41, 5.74) is -1.06. The Morgan fingerprint density at radius 1 is 1.10 bits per heavy atom. The van der Waals surface area contributed by atoms with Gasteiger partial charge in [0, 0.05) is 0 Å². The zero-order valence-corrected chi connectivity index (χ0v) is 13.9. The van der Waals surface area contributed by atoms with Gasteiger partial charge in [-0.3, -0.25) is 14.5 Å². The first-order valence-corrected chi connectivity index (χ1v) is 7.33. The summed E-state index contributed by atoms with van der Waals surface area (Å²) in [7, 11) is 4.07. The van der Waals surface area contributed by atoms with Gasteiger partial charge in [-0.15, -0.1) is 0 Å². The molecule has 0 aromatic heterocycles. The van der Waals surface area contributed by atoms with E-state index in [0.717, 1.165) is 26.1 Å². The number of likely N-dealkylation sites (N-methyl/N-ethyl adjacent to an activating group) is 1. The van der Waals surface area contributed by atoms with Crippen LogP contribution >= 0.6 is 0 Å². The highest BCUT2D eigenvalue weighted by atomic mass is 16.5. The summed E-state index contributed by atoms with van der Waals surface area (Å²) in [6, 6.07) is 0. The fourth-order valence-corrected chi connectivity index (χ4v) is 1.79. The molecule has 0 amide bonds. The molecule has 0 aliphatic carbocycles. The van der Waals surface area contributed by atoms with Gasteiger partial charge in [-0.2, -0.15) is 0 Å². The number of esters is 1. The fourth-order valence-electron chi connectivity index (χ4n) is 1.79. The van der Waals surface area contributed by atoms with Crippen LogP contribution in [0.4, 0.5) is 0 Å². The molecule has 0 fully saturated rings. The van der Waals surface area contributed by atoms with Crippen LogP contribution in [0.5, 0.6) is 0 Å². The van der Waals surface area contributed by atoms with Crippen molar-refractivity contribution in [3.05, 3.63) is 0 Å². The van der Waals surface area contributed by atoms with Crippen molar-refractivity contribution in [1.29, 1.82) is 0 Å². The number of hydrogen-bond acceptors (Lipinski definition) is 5. The van der Waals surface area contributed by atoms with E-state index in [1.807, 2.05) is 21.0 Å². The van der Waals surface area contributed by atoms with Gasteiger partial charge in [0.25, 0.3) is 0 Å². The highest BCUT2D eigenvalue weighted by Crippen LogP contribution is 2.19. The number of ketones is 1. The minimum Gasteiger partial charge on any atom is -0.465 e. The molecule has 0 saturated heterocycles. The molecule has 118 valence electrons. The van der Waals surface area contributed by atoms with E-state index in [2.05, 4.69) is 9.80 Å². The smallest absolute Gasteiger partial charge is 0.319 e. The van der Waals surface area contributed by atoms with E-state index in [1.165, 1.54) is 0 Å². The van der Waals surface area contributed by atoms with Crippen LogP contribution < -0.4 is 0 Å². The molecule has 0 bridgehead atoms. The lowest BCUT2D eigenvalue weighted by Crippen LogP contribution is -2.42. The molecule has 0 aromatic carbocycles. The molecule has 0 rings (SSSR count). The number of Topliss-reactive ketones (excluding diaryl/α,β-unsaturated/α-hetero) is 1. The molecule has 0 spiro atoms. The average Bonchev–Trinajstić information content (AvgIpc) is 2.37. The maximum atomic E-state index is 12.3. The van der Waals surface area contributed by atoms with Crippen molar-refractivity contribution < 1.29 is 14.3 Å². The second-order valence-corrected chi connectivity index (χ2v) is 5.79. The van der Waals surface area contributed by atoms with Crippen LogP contribution in [-0.2, 0) is 14.3 Å². The molecular formula is C15H30N2O3. The quantitative estimate of drug-likeness (QED) is 0.449. The minimum atomic E-state index is -1.06. The van der Waals surface area contributed by atoms with Crippen molar-refractivity contribution in [2.45, 2.75) is 34.1 Å². The lowest BCUT2D eigenvalue weighted by Gasteiger charge is -2.26. The van der Waals surface area contributed by atoms with Gasteiger partial charge in [0.1, 0.15) is 5.41 Å². The molecule has 0 unspecified atom stereocenters. The third-order valence-corrected chi connectivity index (χ3v) is 3.38. The predicted octanol–water partition coefficient (Wildman–Crippen LogP) is 1.42. The average molecular weight is 286 g/mol. The highest BCUT2D eigenvalue weighted by Gasteiger charge is 2.37. The zero-order chi connectivity index (χ0) is 15.8. The van der Waals surface area contributed by atoms with Crippen molar-refractivity contribution in [2.75, 3.05) is 46.9 Å². The summed E-state index contributed by atoms with van der Waals surface area (Å²) in [6.07, 6.45) is 1.01. The number of carbonyl (C=O) groups excluding carboxylic acids is 2. The van der Waals surface area contributed by atoms with Gasteiger partial charge >= 0.3 is 5.97 Å². The van der Waals surface area contributed by atoms with E-state index in [4.69, 9.17) is 4.74 Å². The first-order valence-electron chi connectivity index (χ1n) is 7.33. The van der Waals surface area contributed by atoms with E-state index in [0.29, 0.717) is 13.2 Å². The van der Waals surface area contributed by atoms with Crippen molar-refractivity contribution in [3.63, 3.8) is 0 Å². The van der Waals surface area contributed by atoms with Crippen molar-refractivity contribution in [2.24, 2.45) is 5.41 Å². The lowest BCUT2D eigenvalue weighted by atomic mass is 9.88. The molecule has 0 radical (unpaired) electrons. The van der Waals surface area contributed by atoms with Gasteiger partial charge < -0.3 is 9.64 Å². The number of rotatable bonds is 10. The Kier molecular flexibility index (Phi) is 8.65. The van der Waals surface area contributed by atoms with Gasteiger partial charge in [-0.05, 0) is 60.9 Å². The summed E-state index contributed by atoms with van der Waals surface area (Å²) in [5.74, 6) is -0.517. The molecule has 0 aliphatic rings. The van der Waals surface area contributed by atoms with E-state index in [1.54, 1.807) is 20.8 Å². The van der Waals surface area contributed by atoms with Crippen LogP contribution in [0.1, 0.15) is 34.1 Å². The Hall–Kier alpha value is -0.940. The zero-order valence-electron chi connectivity index (χ0n) is 13.9. The molecule has 20 heavy (non-hydrogen) atoms. The standard InChI is InChI=1S/C15H30N2O3/c1-7-17(11-9-10-16(5)6)12-13(18)15(3,4)14(19)20-8-2/h7-12H2,1-6H3. The van der Waals surface area contributed by atoms with Crippen molar-refractivity contribution in [3.8, 4) is 0 Å². The molecular weight excluding hydrogens is 256 g/mol. The molecule has 0 N–H and O–H groups in total. The number of carbonyl (C=O) groups is 2. The molecule has 0 atom stereocenters. The fraction of sp³-hybridized carbons (Fsp3) is 0.867. The molecule has 0 aliphatic heterocycles. The summed E-state index contributed by atoms with van der Waals surface area (Å²) in [6.45, 7) is 10.3. The van der Waals surface area contributed by atoms with Gasteiger partial charge in [0.2, 0.25) is 0 Å². The van der Waals surface area contributed by atoms with Crippen LogP contribution in [0.15, 0.2) is 0 Å². The number of ether oxygens (including phenoxy) is 1. The Morgan fingerprint density at radius 3 is 2.15 bits per heavy atom. The van der Waals surface area contributed by atoms with Crippen molar-refractivity contribution in [1.82, 2.24) is 9.80 Å². The lowest BCUT2D eigenvalue weighted by molar-refractivity contribution is -0.158. The molecule has 5 nitrogen and oxygen atoms in total. The Labute approximate surface area is 123 Å². The van der Waals surface area contributed by atoms with Crippen LogP contribution in [0.2, 0.25) is 0 Å². The van der Waals surface area contributed by atoms with Crippen LogP contribution in [0.25, 0.3) is 0 Å². The van der Waals surface area contributed by atoms with Gasteiger partial charge in [0.05, 0.1) is 13.2 Å². The summed E-state index contributed by atoms with van der Waals surface area (Å²) < 4.78 is 4.97. The second-order valence-electron chi connectivity index (χ2n) is 5.79. The van der Waals surface area contributed by atoms with Gasteiger partial charge in [-0.1, -0.05) is 6.92 Å². The largest absolute Gasteiger partial charge is 0.465 e. The number of nitrogens with zero attached hydrogens (tertiary/aromatic N) is 2. The Morgan fingerprint density at radius 2 is 1.70 bits per heavy atom. The third-order valence-electron chi connectivity index (χ3n) is 3.38. The Balaban J connectivity index is 4.42. The van der Waals surface area contributed by atoms with Crippen LogP contribution in [-0.4, -0.2) is 68.4 Å². The molecule has 0 saturated carbocycles. The monoisotopic (exact) mass is 286 g/mol. The van der Waals surface area contributed by atoms with E-state index < -0.39 is 11.4 Å². The summed E-state index contributed by atoms with van der Waals surface area (Å²) in [5, 5.41) is 0. The second kappa shape index (κ2) is 9.08. The summed E-state index contributed by atoms with van der Waals surface area (Å²) in [4.78, 5) is 28.3. The summed E-state index contributed by atoms with van der Waals surface area (Å²) >= 11 is 0. The SMILES string of the molecule is CCOC(=O)C(C)(C)C(=O)CN(CC)CCCN(C)C. The first kappa shape index (κ1) is 19.1. The normalized spacial score (nSPS) is 12.0. The van der Waals surface area contributed by atoms with Gasteiger partial charge in [0.15, 0.2) is 5.78 Å². The predicted molar refractivity (Wildman–Crippen MR) is 80.7 cm³/mol. The van der Waals surface area contributed by atoms with Crippen LogP contribution in [0, 0.1) is 5.41 Å². The first-order chi connectivity index (χ1) is 9.25. The third kappa shape index (κ3) is 6.48. The molecule has 0 aromatic rings. The van der Waals surface area contributed by atoms with Gasteiger partial charge in [-0.25, -0.2) is 0 Å². The number of hydrogen-bond donors (Lipinski definition) is 0. The van der Waals surface area contributed by atoms with Crippen LogP contribution in [0.3, 0.4) is 0 Å². The minimum absolute atomic E-state index is 0.0809. The topological polar surface area (TPSA) is 49.9 Å². The maximum Gasteiger partial charge on any atom is 0.319 e. The Bertz CT molecular complexity index is 314. The van der Waals surface area contributed by atoms with E-state index in [9.17, 15) is 9.59 Å². The highest BCUT2D eigenvalue weighted by molar-refractivity contribution is 6.03. The maximum absolute atomic E-state index is 12.3. The molecule has 0 heterocycles. The van der Waals surface area contributed by atoms with E-state index >= 15 is 0 Å². The van der Waals surface area contributed by atoms with Crippen molar-refractivity contribution >= 4 is 11.8 Å². The molecule has 5 heteroatoms.